The van der Waals surface area contributed by atoms with Crippen LogP contribution in [0.2, 0.25) is 0 Å². The Bertz CT molecular complexity index is 869. The van der Waals surface area contributed by atoms with Crippen molar-refractivity contribution in [1.82, 2.24) is 0 Å². The molecule has 25 heavy (non-hydrogen) atoms. The Hall–Kier alpha value is -2.97. The molecule has 0 saturated carbocycles. The normalized spacial score (nSPS) is 11.2. The van der Waals surface area contributed by atoms with E-state index in [-0.39, 0.29) is 17.3 Å². The molecule has 0 aliphatic carbocycles. The molecule has 0 aliphatic rings. The maximum atomic E-state index is 11.6. The predicted molar refractivity (Wildman–Crippen MR) is 87.3 cm³/mol. The SMILES string of the molecule is O=C(C=CC(=O)Oc1ccc(S(=O)(=O)O)cc1)OCc1ccccc1. The van der Waals surface area contributed by atoms with Gasteiger partial charge < -0.3 is 9.47 Å². The largest absolute Gasteiger partial charge is 0.458 e. The molecular weight excluding hydrogens is 348 g/mol. The Labute approximate surface area is 144 Å². The van der Waals surface area contributed by atoms with E-state index < -0.39 is 22.1 Å². The highest BCUT2D eigenvalue weighted by molar-refractivity contribution is 7.85. The second-order valence-electron chi connectivity index (χ2n) is 4.79. The molecule has 0 aliphatic heterocycles. The van der Waals surface area contributed by atoms with Gasteiger partial charge in [0, 0.05) is 12.2 Å². The van der Waals surface area contributed by atoms with Gasteiger partial charge in [-0.1, -0.05) is 30.3 Å². The molecular formula is C17H14O7S. The van der Waals surface area contributed by atoms with Crippen molar-refractivity contribution >= 4 is 22.1 Å². The van der Waals surface area contributed by atoms with E-state index in [1.54, 1.807) is 12.1 Å². The van der Waals surface area contributed by atoms with Crippen molar-refractivity contribution in [3.63, 3.8) is 0 Å². The van der Waals surface area contributed by atoms with Crippen LogP contribution >= 0.6 is 0 Å². The molecule has 2 aromatic carbocycles. The number of hydrogen-bond donors (Lipinski definition) is 1. The summed E-state index contributed by atoms with van der Waals surface area (Å²) >= 11 is 0. The Morgan fingerprint density at radius 3 is 2.12 bits per heavy atom. The van der Waals surface area contributed by atoms with Crippen LogP contribution in [-0.4, -0.2) is 24.9 Å². The zero-order valence-corrected chi connectivity index (χ0v) is 13.7. The Kier molecular flexibility index (Phi) is 6.04. The van der Waals surface area contributed by atoms with E-state index in [1.165, 1.54) is 12.1 Å². The molecule has 0 unspecified atom stereocenters. The number of ether oxygens (including phenoxy) is 2. The van der Waals surface area contributed by atoms with Gasteiger partial charge in [0.2, 0.25) is 0 Å². The Balaban J connectivity index is 1.84. The molecule has 0 atom stereocenters. The van der Waals surface area contributed by atoms with Gasteiger partial charge in [-0.25, -0.2) is 9.59 Å². The number of esters is 2. The molecule has 0 radical (unpaired) electrons. The van der Waals surface area contributed by atoms with Crippen molar-refractivity contribution in [3.05, 3.63) is 72.3 Å². The van der Waals surface area contributed by atoms with Crippen molar-refractivity contribution in [2.75, 3.05) is 0 Å². The van der Waals surface area contributed by atoms with Crippen LogP contribution in [0.15, 0.2) is 71.6 Å². The third kappa shape index (κ3) is 6.21. The number of benzene rings is 2. The summed E-state index contributed by atoms with van der Waals surface area (Å²) in [6.07, 6.45) is 1.82. The first-order valence-electron chi connectivity index (χ1n) is 7.03. The van der Waals surface area contributed by atoms with E-state index in [0.29, 0.717) is 0 Å². The third-order valence-corrected chi connectivity index (χ3v) is 3.79. The minimum atomic E-state index is -4.31. The lowest BCUT2D eigenvalue weighted by Crippen LogP contribution is -2.07. The van der Waals surface area contributed by atoms with Crippen LogP contribution < -0.4 is 4.74 Å². The van der Waals surface area contributed by atoms with Gasteiger partial charge in [0.1, 0.15) is 12.4 Å². The van der Waals surface area contributed by atoms with E-state index >= 15 is 0 Å². The number of carbonyl (C=O) groups is 2. The highest BCUT2D eigenvalue weighted by Gasteiger charge is 2.10. The summed E-state index contributed by atoms with van der Waals surface area (Å²) in [7, 11) is -4.31. The van der Waals surface area contributed by atoms with Gasteiger partial charge in [-0.15, -0.1) is 0 Å². The molecule has 130 valence electrons. The van der Waals surface area contributed by atoms with Crippen LogP contribution in [0.3, 0.4) is 0 Å². The number of rotatable bonds is 6. The minimum Gasteiger partial charge on any atom is -0.458 e. The van der Waals surface area contributed by atoms with Gasteiger partial charge in [0.05, 0.1) is 4.90 Å². The van der Waals surface area contributed by atoms with E-state index in [4.69, 9.17) is 14.0 Å². The van der Waals surface area contributed by atoms with Crippen LogP contribution in [-0.2, 0) is 31.1 Å². The Morgan fingerprint density at radius 1 is 0.920 bits per heavy atom. The fraction of sp³-hybridized carbons (Fsp3) is 0.0588. The summed E-state index contributed by atoms with van der Waals surface area (Å²) in [6.45, 7) is 0.0795. The molecule has 0 saturated heterocycles. The minimum absolute atomic E-state index is 0.0553. The lowest BCUT2D eigenvalue weighted by Gasteiger charge is -2.03. The molecule has 0 spiro atoms. The summed E-state index contributed by atoms with van der Waals surface area (Å²) in [5, 5.41) is 0. The zero-order chi connectivity index (χ0) is 18.3. The fourth-order valence-corrected chi connectivity index (χ4v) is 2.22. The van der Waals surface area contributed by atoms with Gasteiger partial charge >= 0.3 is 11.9 Å². The second kappa shape index (κ2) is 8.22. The van der Waals surface area contributed by atoms with Gasteiger partial charge in [0.25, 0.3) is 10.1 Å². The van der Waals surface area contributed by atoms with E-state index in [9.17, 15) is 18.0 Å². The Morgan fingerprint density at radius 2 is 1.52 bits per heavy atom. The quantitative estimate of drug-likeness (QED) is 0.363. The van der Waals surface area contributed by atoms with Crippen molar-refractivity contribution in [1.29, 1.82) is 0 Å². The van der Waals surface area contributed by atoms with Crippen molar-refractivity contribution < 1.29 is 32.0 Å². The molecule has 2 aromatic rings. The summed E-state index contributed by atoms with van der Waals surface area (Å²) in [4.78, 5) is 22.8. The van der Waals surface area contributed by atoms with E-state index in [2.05, 4.69) is 0 Å². The molecule has 0 heterocycles. The van der Waals surface area contributed by atoms with Crippen molar-refractivity contribution in [3.8, 4) is 5.75 Å². The number of hydrogen-bond acceptors (Lipinski definition) is 6. The monoisotopic (exact) mass is 362 g/mol. The highest BCUT2D eigenvalue weighted by atomic mass is 32.2. The summed E-state index contributed by atoms with van der Waals surface area (Å²) < 4.78 is 40.5. The molecule has 0 aromatic heterocycles. The molecule has 0 bridgehead atoms. The fourth-order valence-electron chi connectivity index (χ4n) is 1.74. The van der Waals surface area contributed by atoms with Crippen LogP contribution in [0.25, 0.3) is 0 Å². The average Bonchev–Trinajstić information content (AvgIpc) is 2.59. The van der Waals surface area contributed by atoms with Gasteiger partial charge in [0.15, 0.2) is 0 Å². The molecule has 0 fully saturated rings. The molecule has 0 amide bonds. The van der Waals surface area contributed by atoms with Gasteiger partial charge in [-0.3, -0.25) is 4.55 Å². The lowest BCUT2D eigenvalue weighted by molar-refractivity contribution is -0.139. The lowest BCUT2D eigenvalue weighted by atomic mass is 10.2. The molecule has 2 rings (SSSR count). The standard InChI is InChI=1S/C17H14O7S/c18-16(23-12-13-4-2-1-3-5-13)10-11-17(19)24-14-6-8-15(9-7-14)25(20,21)22/h1-11H,12H2,(H,20,21,22). The summed E-state index contributed by atoms with van der Waals surface area (Å²) in [6, 6.07) is 13.6. The van der Waals surface area contributed by atoms with Crippen molar-refractivity contribution in [2.45, 2.75) is 11.5 Å². The van der Waals surface area contributed by atoms with Crippen LogP contribution in [0.5, 0.6) is 5.75 Å². The summed E-state index contributed by atoms with van der Waals surface area (Å²) in [5.41, 5.74) is 0.811. The maximum Gasteiger partial charge on any atom is 0.336 e. The van der Waals surface area contributed by atoms with E-state index in [0.717, 1.165) is 29.8 Å². The highest BCUT2D eigenvalue weighted by Crippen LogP contribution is 2.15. The first-order chi connectivity index (χ1) is 11.8. The molecule has 1 N–H and O–H groups in total. The first-order valence-corrected chi connectivity index (χ1v) is 8.47. The molecule has 8 heteroatoms. The second-order valence-corrected chi connectivity index (χ2v) is 6.22. The average molecular weight is 362 g/mol. The van der Waals surface area contributed by atoms with Crippen LogP contribution in [0.1, 0.15) is 5.56 Å². The first kappa shape index (κ1) is 18.4. The zero-order valence-electron chi connectivity index (χ0n) is 12.9. The van der Waals surface area contributed by atoms with E-state index in [1.807, 2.05) is 18.2 Å². The van der Waals surface area contributed by atoms with Crippen molar-refractivity contribution in [2.24, 2.45) is 0 Å². The molecule has 7 nitrogen and oxygen atoms in total. The van der Waals surface area contributed by atoms with Gasteiger partial charge in [-0.05, 0) is 29.8 Å². The topological polar surface area (TPSA) is 107 Å². The third-order valence-electron chi connectivity index (χ3n) is 2.92. The predicted octanol–water partition coefficient (Wildman–Crippen LogP) is 2.14. The van der Waals surface area contributed by atoms with Gasteiger partial charge in [-0.2, -0.15) is 8.42 Å². The smallest absolute Gasteiger partial charge is 0.336 e. The maximum absolute atomic E-state index is 11.6. The number of carbonyl (C=O) groups excluding carboxylic acids is 2. The van der Waals surface area contributed by atoms with Crippen LogP contribution in [0, 0.1) is 0 Å². The summed E-state index contributed by atoms with van der Waals surface area (Å²) in [5.74, 6) is -1.49. The van der Waals surface area contributed by atoms with Crippen LogP contribution in [0.4, 0.5) is 0 Å².